The van der Waals surface area contributed by atoms with Crippen molar-refractivity contribution in [2.45, 2.75) is 0 Å². The van der Waals surface area contributed by atoms with E-state index in [9.17, 15) is 14.4 Å². The number of carbonyl (C=O) groups is 3. The molecule has 2 amide bonds. The van der Waals surface area contributed by atoms with Crippen LogP contribution >= 0.6 is 0 Å². The van der Waals surface area contributed by atoms with Crippen LogP contribution in [0.1, 0.15) is 10.4 Å². The van der Waals surface area contributed by atoms with Crippen LogP contribution < -0.4 is 4.90 Å². The molecule has 1 aromatic rings. The van der Waals surface area contributed by atoms with Crippen molar-refractivity contribution in [2.24, 2.45) is 0 Å². The number of carboxylic acid groups (broad SMARTS) is 1. The first kappa shape index (κ1) is 9.91. The average Bonchev–Trinajstić information content (AvgIpc) is 2.20. The summed E-state index contributed by atoms with van der Waals surface area (Å²) >= 11 is 0. The summed E-state index contributed by atoms with van der Waals surface area (Å²) in [5, 5.41) is 8.58. The Hall–Kier alpha value is -2.17. The first-order valence-electron chi connectivity index (χ1n) is 3.71. The van der Waals surface area contributed by atoms with Crippen molar-refractivity contribution in [1.82, 2.24) is 0 Å². The van der Waals surface area contributed by atoms with Crippen LogP contribution in [0.3, 0.4) is 0 Å². The van der Waals surface area contributed by atoms with E-state index in [0.29, 0.717) is 18.5 Å². The largest absolute Gasteiger partial charge is 0.478 e. The van der Waals surface area contributed by atoms with Gasteiger partial charge in [0.1, 0.15) is 0 Å². The van der Waals surface area contributed by atoms with E-state index in [4.69, 9.17) is 5.11 Å². The van der Waals surface area contributed by atoms with Crippen molar-refractivity contribution in [3.63, 3.8) is 0 Å². The highest BCUT2D eigenvalue weighted by Gasteiger charge is 2.05. The van der Waals surface area contributed by atoms with Gasteiger partial charge < -0.3 is 5.11 Å². The Balaban J connectivity index is 2.98. The monoisotopic (exact) mass is 193 g/mol. The lowest BCUT2D eigenvalue weighted by Crippen LogP contribution is -2.18. The second kappa shape index (κ2) is 4.18. The molecule has 5 heteroatoms. The van der Waals surface area contributed by atoms with Crippen molar-refractivity contribution >= 4 is 24.5 Å². The lowest BCUT2D eigenvalue weighted by Gasteiger charge is -2.07. The van der Waals surface area contributed by atoms with E-state index in [1.165, 1.54) is 24.3 Å². The number of anilines is 1. The van der Waals surface area contributed by atoms with Gasteiger partial charge in [0.05, 0.1) is 11.3 Å². The van der Waals surface area contributed by atoms with Crippen LogP contribution in [-0.2, 0) is 9.59 Å². The molecule has 0 aliphatic carbocycles. The van der Waals surface area contributed by atoms with E-state index in [1.54, 1.807) is 0 Å². The van der Waals surface area contributed by atoms with Crippen LogP contribution in [0, 0.1) is 0 Å². The molecule has 0 saturated heterocycles. The summed E-state index contributed by atoms with van der Waals surface area (Å²) in [5.41, 5.74) is 0.436. The molecule has 1 N–H and O–H groups in total. The van der Waals surface area contributed by atoms with Crippen molar-refractivity contribution in [2.75, 3.05) is 4.90 Å². The molecule has 0 aliphatic rings. The third-order valence-corrected chi connectivity index (χ3v) is 1.64. The molecule has 0 bridgehead atoms. The molecule has 0 aromatic heterocycles. The number of carboxylic acids is 1. The number of hydrogen-bond donors (Lipinski definition) is 1. The predicted molar refractivity (Wildman–Crippen MR) is 48.0 cm³/mol. The summed E-state index contributed by atoms with van der Waals surface area (Å²) < 4.78 is 0. The second-order valence-corrected chi connectivity index (χ2v) is 2.47. The van der Waals surface area contributed by atoms with Crippen LogP contribution in [0.25, 0.3) is 0 Å². The molecule has 72 valence electrons. The Labute approximate surface area is 79.6 Å². The van der Waals surface area contributed by atoms with E-state index in [2.05, 4.69) is 0 Å². The number of nitrogens with zero attached hydrogens (tertiary/aromatic N) is 1. The summed E-state index contributed by atoms with van der Waals surface area (Å²) in [6.07, 6.45) is 0.700. The number of carbonyl (C=O) groups excluding carboxylic acids is 2. The number of benzene rings is 1. The minimum absolute atomic E-state index is 0.102. The molecule has 0 saturated carbocycles. The van der Waals surface area contributed by atoms with Gasteiger partial charge in [-0.15, -0.1) is 0 Å². The summed E-state index contributed by atoms with van der Waals surface area (Å²) in [4.78, 5) is 31.9. The van der Waals surface area contributed by atoms with Crippen LogP contribution in [0.5, 0.6) is 0 Å². The summed E-state index contributed by atoms with van der Waals surface area (Å²) in [6, 6.07) is 5.40. The number of hydrogen-bond acceptors (Lipinski definition) is 3. The first-order chi connectivity index (χ1) is 6.69. The van der Waals surface area contributed by atoms with Crippen LogP contribution in [0.15, 0.2) is 24.3 Å². The lowest BCUT2D eigenvalue weighted by atomic mass is 10.2. The molecule has 0 unspecified atom stereocenters. The van der Waals surface area contributed by atoms with Gasteiger partial charge in [0.15, 0.2) is 0 Å². The summed E-state index contributed by atoms with van der Waals surface area (Å²) in [7, 11) is 0. The minimum Gasteiger partial charge on any atom is -0.478 e. The normalized spacial score (nSPS) is 9.14. The van der Waals surface area contributed by atoms with Gasteiger partial charge in [0.25, 0.3) is 0 Å². The number of amides is 2. The number of rotatable bonds is 4. The van der Waals surface area contributed by atoms with Crippen molar-refractivity contribution in [3.8, 4) is 0 Å². The predicted octanol–water partition coefficient (Wildman–Crippen LogP) is 0.504. The quantitative estimate of drug-likeness (QED) is 0.706. The zero-order valence-electron chi connectivity index (χ0n) is 7.08. The molecule has 1 aromatic carbocycles. The van der Waals surface area contributed by atoms with Crippen molar-refractivity contribution in [1.29, 1.82) is 0 Å². The Morgan fingerprint density at radius 3 is 2.00 bits per heavy atom. The van der Waals surface area contributed by atoms with Gasteiger partial charge in [-0.3, -0.25) is 14.5 Å². The van der Waals surface area contributed by atoms with E-state index in [-0.39, 0.29) is 5.56 Å². The van der Waals surface area contributed by atoms with Crippen LogP contribution in [0.4, 0.5) is 5.69 Å². The van der Waals surface area contributed by atoms with Gasteiger partial charge in [-0.1, -0.05) is 0 Å². The van der Waals surface area contributed by atoms with Gasteiger partial charge in [-0.25, -0.2) is 4.79 Å². The van der Waals surface area contributed by atoms with Crippen LogP contribution in [-0.4, -0.2) is 23.9 Å². The number of imide groups is 1. The topological polar surface area (TPSA) is 74.7 Å². The maximum absolute atomic E-state index is 10.5. The average molecular weight is 193 g/mol. The molecule has 5 nitrogen and oxygen atoms in total. The first-order valence-corrected chi connectivity index (χ1v) is 3.71. The van der Waals surface area contributed by atoms with Gasteiger partial charge in [0.2, 0.25) is 12.8 Å². The highest BCUT2D eigenvalue weighted by Crippen LogP contribution is 2.12. The molecule has 0 spiro atoms. The zero-order valence-corrected chi connectivity index (χ0v) is 7.08. The fourth-order valence-corrected chi connectivity index (χ4v) is 0.923. The highest BCUT2D eigenvalue weighted by molar-refractivity contribution is 5.96. The van der Waals surface area contributed by atoms with E-state index in [1.807, 2.05) is 0 Å². The smallest absolute Gasteiger partial charge is 0.335 e. The standard InChI is InChI=1S/C9H7NO4/c11-5-10(6-12)8-3-1-7(2-4-8)9(13)14/h1-6H,(H,13,14). The highest BCUT2D eigenvalue weighted by atomic mass is 16.4. The Morgan fingerprint density at radius 2 is 1.64 bits per heavy atom. The Kier molecular flexibility index (Phi) is 2.96. The molecule has 0 radical (unpaired) electrons. The molecule has 1 rings (SSSR count). The fraction of sp³-hybridized carbons (Fsp3) is 0. The van der Waals surface area contributed by atoms with Gasteiger partial charge in [-0.2, -0.15) is 0 Å². The molecule has 0 atom stereocenters. The molecular formula is C9H7NO4. The minimum atomic E-state index is -1.06. The van der Waals surface area contributed by atoms with E-state index < -0.39 is 5.97 Å². The summed E-state index contributed by atoms with van der Waals surface area (Å²) in [5.74, 6) is -1.06. The third kappa shape index (κ3) is 1.95. The lowest BCUT2D eigenvalue weighted by molar-refractivity contribution is -0.113. The molecule has 0 fully saturated rings. The molecular weight excluding hydrogens is 186 g/mol. The maximum Gasteiger partial charge on any atom is 0.335 e. The molecule has 0 aliphatic heterocycles. The molecule has 0 heterocycles. The molecule has 14 heavy (non-hydrogen) atoms. The van der Waals surface area contributed by atoms with E-state index in [0.717, 1.165) is 4.90 Å². The second-order valence-electron chi connectivity index (χ2n) is 2.47. The fourth-order valence-electron chi connectivity index (χ4n) is 0.923. The number of aromatic carboxylic acids is 1. The van der Waals surface area contributed by atoms with Gasteiger partial charge in [-0.05, 0) is 24.3 Å². The van der Waals surface area contributed by atoms with Crippen LogP contribution in [0.2, 0.25) is 0 Å². The van der Waals surface area contributed by atoms with Crippen molar-refractivity contribution in [3.05, 3.63) is 29.8 Å². The summed E-state index contributed by atoms with van der Waals surface area (Å²) in [6.45, 7) is 0. The SMILES string of the molecule is O=CN(C=O)c1ccc(C(=O)O)cc1. The van der Waals surface area contributed by atoms with Gasteiger partial charge >= 0.3 is 5.97 Å². The Bertz CT molecular complexity index is 350. The van der Waals surface area contributed by atoms with Gasteiger partial charge in [0, 0.05) is 0 Å². The maximum atomic E-state index is 10.5. The van der Waals surface area contributed by atoms with Crippen molar-refractivity contribution < 1.29 is 19.5 Å². The zero-order chi connectivity index (χ0) is 10.6. The third-order valence-electron chi connectivity index (χ3n) is 1.64. The Morgan fingerprint density at radius 1 is 1.14 bits per heavy atom. The van der Waals surface area contributed by atoms with E-state index >= 15 is 0 Å².